The van der Waals surface area contributed by atoms with Gasteiger partial charge in [-0.2, -0.15) is 5.26 Å². The van der Waals surface area contributed by atoms with Gasteiger partial charge in [-0.25, -0.2) is 4.39 Å². The molecule has 0 radical (unpaired) electrons. The summed E-state index contributed by atoms with van der Waals surface area (Å²) in [6.45, 7) is 3.79. The van der Waals surface area contributed by atoms with E-state index < -0.39 is 5.82 Å². The molecule has 0 unspecified atom stereocenters. The molecule has 2 heteroatoms. The lowest BCUT2D eigenvalue weighted by molar-refractivity contribution is 0.627. The smallest absolute Gasteiger partial charge is 0.125 e. The Balaban J connectivity index is 3.08. The average molecular weight is 225 g/mol. The van der Waals surface area contributed by atoms with Crippen LogP contribution in [0.3, 0.4) is 0 Å². The molecule has 0 saturated heterocycles. The first-order chi connectivity index (χ1) is 8.19. The van der Waals surface area contributed by atoms with Crippen molar-refractivity contribution in [2.75, 3.05) is 0 Å². The maximum atomic E-state index is 13.1. The van der Waals surface area contributed by atoms with Crippen LogP contribution >= 0.6 is 0 Å². The molecule has 0 saturated carbocycles. The summed E-state index contributed by atoms with van der Waals surface area (Å²) in [5, 5.41) is 8.71. The molecule has 1 aromatic carbocycles. The molecule has 17 heavy (non-hydrogen) atoms. The number of benzene rings is 1. The molecule has 1 aromatic rings. The van der Waals surface area contributed by atoms with E-state index in [1.807, 2.05) is 38.1 Å². The van der Waals surface area contributed by atoms with Gasteiger partial charge in [0.25, 0.3) is 0 Å². The lowest BCUT2D eigenvalue weighted by Gasteiger charge is -1.93. The van der Waals surface area contributed by atoms with Crippen LogP contribution in [0.2, 0.25) is 0 Å². The molecule has 0 aliphatic rings. The molecule has 0 aromatic heterocycles. The Morgan fingerprint density at radius 1 is 1.24 bits per heavy atom. The molecule has 1 nitrogen and oxygen atoms in total. The first kappa shape index (κ1) is 12.7. The summed E-state index contributed by atoms with van der Waals surface area (Å²) in [6, 6.07) is 5.97. The van der Waals surface area contributed by atoms with Crippen molar-refractivity contribution in [1.82, 2.24) is 0 Å². The first-order valence-corrected chi connectivity index (χ1v) is 5.21. The zero-order chi connectivity index (χ0) is 12.7. The van der Waals surface area contributed by atoms with Gasteiger partial charge < -0.3 is 0 Å². The maximum Gasteiger partial charge on any atom is 0.125 e. The number of halogens is 1. The number of hydrogen-bond donors (Lipinski definition) is 0. The van der Waals surface area contributed by atoms with E-state index in [1.54, 1.807) is 6.07 Å². The highest BCUT2D eigenvalue weighted by Gasteiger charge is 1.97. The molecule has 0 aliphatic carbocycles. The Kier molecular flexibility index (Phi) is 4.73. The van der Waals surface area contributed by atoms with Gasteiger partial charge in [-0.05, 0) is 32.0 Å². The monoisotopic (exact) mass is 225 g/mol. The fraction of sp³-hybridized carbons (Fsp3) is 0.133. The number of hydrogen-bond acceptors (Lipinski definition) is 1. The Bertz CT molecular complexity index is 563. The Morgan fingerprint density at radius 2 is 1.94 bits per heavy atom. The third-order valence-corrected chi connectivity index (χ3v) is 2.04. The van der Waals surface area contributed by atoms with Gasteiger partial charge >= 0.3 is 0 Å². The van der Waals surface area contributed by atoms with Crippen molar-refractivity contribution < 1.29 is 4.39 Å². The minimum atomic E-state index is -0.443. The second-order valence-corrected chi connectivity index (χ2v) is 3.33. The number of rotatable bonds is 1. The quantitative estimate of drug-likeness (QED) is 0.529. The second kappa shape index (κ2) is 6.30. The van der Waals surface area contributed by atoms with E-state index in [9.17, 15) is 4.39 Å². The molecular formula is C15H12FN. The van der Waals surface area contributed by atoms with Gasteiger partial charge in [-0.3, -0.25) is 0 Å². The Labute approximate surface area is 101 Å². The number of nitrogens with zero attached hydrogens (tertiary/aromatic N) is 1. The maximum absolute atomic E-state index is 13.1. The van der Waals surface area contributed by atoms with Gasteiger partial charge in [0.1, 0.15) is 5.82 Å². The highest BCUT2D eigenvalue weighted by molar-refractivity contribution is 5.47. The summed E-state index contributed by atoms with van der Waals surface area (Å²) in [7, 11) is 0. The van der Waals surface area contributed by atoms with Crippen molar-refractivity contribution >= 4 is 0 Å². The summed E-state index contributed by atoms with van der Waals surface area (Å²) in [6.07, 6.45) is 5.63. The van der Waals surface area contributed by atoms with Crippen LogP contribution in [0.15, 0.2) is 42.0 Å². The summed E-state index contributed by atoms with van der Waals surface area (Å²) < 4.78 is 13.1. The molecule has 0 spiro atoms. The van der Waals surface area contributed by atoms with Crippen molar-refractivity contribution in [3.05, 3.63) is 58.9 Å². The van der Waals surface area contributed by atoms with E-state index >= 15 is 0 Å². The van der Waals surface area contributed by atoms with Crippen LogP contribution in [0.4, 0.5) is 4.39 Å². The summed E-state index contributed by atoms with van der Waals surface area (Å²) in [5.41, 5.74) is 1.64. The van der Waals surface area contributed by atoms with Gasteiger partial charge in [-0.15, -0.1) is 0 Å². The predicted molar refractivity (Wildman–Crippen MR) is 66.6 cm³/mol. The van der Waals surface area contributed by atoms with Crippen molar-refractivity contribution in [3.63, 3.8) is 0 Å². The van der Waals surface area contributed by atoms with Gasteiger partial charge in [0.2, 0.25) is 0 Å². The SMILES string of the molecule is C/C=C\C(C#Cc1cc(F)cc(C#N)c1)=C/C. The Morgan fingerprint density at radius 3 is 2.53 bits per heavy atom. The third-order valence-electron chi connectivity index (χ3n) is 2.04. The normalized spacial score (nSPS) is 10.8. The van der Waals surface area contributed by atoms with E-state index in [0.717, 1.165) is 5.57 Å². The molecule has 0 heterocycles. The molecule has 1 rings (SSSR count). The van der Waals surface area contributed by atoms with Crippen molar-refractivity contribution in [2.45, 2.75) is 13.8 Å². The molecule has 0 fully saturated rings. The minimum absolute atomic E-state index is 0.280. The van der Waals surface area contributed by atoms with Crippen molar-refractivity contribution in [1.29, 1.82) is 5.26 Å². The van der Waals surface area contributed by atoms with Crippen LogP contribution < -0.4 is 0 Å². The van der Waals surface area contributed by atoms with E-state index in [1.165, 1.54) is 12.1 Å². The predicted octanol–water partition coefficient (Wildman–Crippen LogP) is 3.57. The molecule has 0 bridgehead atoms. The van der Waals surface area contributed by atoms with E-state index in [4.69, 9.17) is 5.26 Å². The van der Waals surface area contributed by atoms with Gasteiger partial charge in [0.15, 0.2) is 0 Å². The lowest BCUT2D eigenvalue weighted by atomic mass is 10.1. The summed E-state index contributed by atoms with van der Waals surface area (Å²) in [5.74, 6) is 5.31. The first-order valence-electron chi connectivity index (χ1n) is 5.21. The number of nitriles is 1. The van der Waals surface area contributed by atoms with Crippen molar-refractivity contribution in [3.8, 4) is 17.9 Å². The van der Waals surface area contributed by atoms with Crippen molar-refractivity contribution in [2.24, 2.45) is 0 Å². The second-order valence-electron chi connectivity index (χ2n) is 3.33. The minimum Gasteiger partial charge on any atom is -0.207 e. The van der Waals surface area contributed by atoms with Gasteiger partial charge in [-0.1, -0.05) is 30.1 Å². The molecule has 0 N–H and O–H groups in total. The van der Waals surface area contributed by atoms with Crippen LogP contribution in [0.1, 0.15) is 25.0 Å². The molecule has 0 amide bonds. The van der Waals surface area contributed by atoms with Gasteiger partial charge in [0.05, 0.1) is 11.6 Å². The fourth-order valence-electron chi connectivity index (χ4n) is 1.26. The molecule has 0 atom stereocenters. The highest BCUT2D eigenvalue weighted by Crippen LogP contribution is 2.07. The zero-order valence-electron chi connectivity index (χ0n) is 9.79. The van der Waals surface area contributed by atoms with Crippen LogP contribution in [-0.2, 0) is 0 Å². The van der Waals surface area contributed by atoms with Crippen LogP contribution in [-0.4, -0.2) is 0 Å². The Hall–Kier alpha value is -2.32. The molecule has 84 valence electrons. The molecule has 0 aliphatic heterocycles. The van der Waals surface area contributed by atoms with Crippen LogP contribution in [0.25, 0.3) is 0 Å². The van der Waals surface area contributed by atoms with E-state index in [0.29, 0.717) is 5.56 Å². The number of allylic oxidation sites excluding steroid dienone is 4. The topological polar surface area (TPSA) is 23.8 Å². The van der Waals surface area contributed by atoms with Crippen LogP contribution in [0, 0.1) is 29.0 Å². The highest BCUT2D eigenvalue weighted by atomic mass is 19.1. The summed E-state index contributed by atoms with van der Waals surface area (Å²) in [4.78, 5) is 0. The van der Waals surface area contributed by atoms with E-state index in [2.05, 4.69) is 11.8 Å². The standard InChI is InChI=1S/C15H12FN/c1-3-5-12(4-2)6-7-13-8-14(11-17)10-15(16)9-13/h3-5,8-10H,1-2H3/b5-3-,12-4+. The van der Waals surface area contributed by atoms with Crippen LogP contribution in [0.5, 0.6) is 0 Å². The van der Waals surface area contributed by atoms with Gasteiger partial charge in [0, 0.05) is 11.1 Å². The summed E-state index contributed by atoms with van der Waals surface area (Å²) >= 11 is 0. The average Bonchev–Trinajstić information content (AvgIpc) is 2.33. The zero-order valence-corrected chi connectivity index (χ0v) is 9.79. The fourth-order valence-corrected chi connectivity index (χ4v) is 1.26. The largest absolute Gasteiger partial charge is 0.207 e. The van der Waals surface area contributed by atoms with E-state index in [-0.39, 0.29) is 5.56 Å². The third kappa shape index (κ3) is 3.97. The lowest BCUT2D eigenvalue weighted by Crippen LogP contribution is -1.83. The molecular weight excluding hydrogens is 213 g/mol.